The zero-order chi connectivity index (χ0) is 16.8. The summed E-state index contributed by atoms with van der Waals surface area (Å²) in [5, 5.41) is 5.15. The van der Waals surface area contributed by atoms with Gasteiger partial charge in [0.15, 0.2) is 17.4 Å². The van der Waals surface area contributed by atoms with E-state index >= 15 is 0 Å². The Morgan fingerprint density at radius 2 is 1.87 bits per heavy atom. The van der Waals surface area contributed by atoms with Crippen molar-refractivity contribution in [1.29, 1.82) is 0 Å². The van der Waals surface area contributed by atoms with Gasteiger partial charge in [-0.2, -0.15) is 0 Å². The number of aromatic nitrogens is 1. The normalized spacial score (nSPS) is 11.7. The number of pyridine rings is 1. The molecule has 2 N–H and O–H groups in total. The SMILES string of the molecule is CC[C@H](NC(=O)Nc1cc(F)c(OC)c(F)c1)c1ccncc1. The Hall–Kier alpha value is -2.70. The Bertz CT molecular complexity index is 657. The number of nitrogens with zero attached hydrogens (tertiary/aromatic N) is 1. The predicted octanol–water partition coefficient (Wildman–Crippen LogP) is 3.64. The van der Waals surface area contributed by atoms with Gasteiger partial charge in [0.1, 0.15) is 0 Å². The molecule has 1 aromatic heterocycles. The smallest absolute Gasteiger partial charge is 0.319 e. The standard InChI is InChI=1S/C16H17F2N3O2/c1-3-14(10-4-6-19-7-5-10)21-16(22)20-11-8-12(17)15(23-2)13(18)9-11/h4-9,14H,3H2,1-2H3,(H2,20,21,22)/t14-/m0/s1. The summed E-state index contributed by atoms with van der Waals surface area (Å²) >= 11 is 0. The lowest BCUT2D eigenvalue weighted by Gasteiger charge is -2.18. The summed E-state index contributed by atoms with van der Waals surface area (Å²) in [5.74, 6) is -2.26. The minimum absolute atomic E-state index is 0.00267. The molecule has 0 bridgehead atoms. The number of urea groups is 1. The molecular formula is C16H17F2N3O2. The van der Waals surface area contributed by atoms with Gasteiger partial charge in [0.25, 0.3) is 0 Å². The highest BCUT2D eigenvalue weighted by Gasteiger charge is 2.15. The molecule has 1 heterocycles. The van der Waals surface area contributed by atoms with Crippen LogP contribution in [0.25, 0.3) is 0 Å². The number of methoxy groups -OCH3 is 1. The van der Waals surface area contributed by atoms with Crippen molar-refractivity contribution in [3.63, 3.8) is 0 Å². The van der Waals surface area contributed by atoms with Gasteiger partial charge in [-0.1, -0.05) is 6.92 Å². The Balaban J connectivity index is 2.07. The van der Waals surface area contributed by atoms with Gasteiger partial charge in [-0.15, -0.1) is 0 Å². The van der Waals surface area contributed by atoms with Gasteiger partial charge in [0.2, 0.25) is 0 Å². The van der Waals surface area contributed by atoms with Crippen LogP contribution in [0.15, 0.2) is 36.7 Å². The summed E-state index contributed by atoms with van der Waals surface area (Å²) in [6, 6.07) is 4.79. The molecule has 2 aromatic rings. The maximum absolute atomic E-state index is 13.6. The lowest BCUT2D eigenvalue weighted by molar-refractivity contribution is 0.248. The summed E-state index contributed by atoms with van der Waals surface area (Å²) < 4.78 is 31.8. The number of rotatable bonds is 5. The van der Waals surface area contributed by atoms with E-state index in [9.17, 15) is 13.6 Å². The van der Waals surface area contributed by atoms with Crippen LogP contribution in [-0.2, 0) is 0 Å². The Kier molecular flexibility index (Phi) is 5.46. The molecular weight excluding hydrogens is 304 g/mol. The third-order valence-corrected chi connectivity index (χ3v) is 3.28. The number of benzene rings is 1. The molecule has 1 atom stereocenters. The first-order valence-electron chi connectivity index (χ1n) is 7.05. The fourth-order valence-corrected chi connectivity index (χ4v) is 2.17. The number of halogens is 2. The van der Waals surface area contributed by atoms with Crippen LogP contribution < -0.4 is 15.4 Å². The predicted molar refractivity (Wildman–Crippen MR) is 82.3 cm³/mol. The number of hydrogen-bond donors (Lipinski definition) is 2. The first-order chi connectivity index (χ1) is 11.0. The van der Waals surface area contributed by atoms with E-state index in [4.69, 9.17) is 0 Å². The zero-order valence-corrected chi connectivity index (χ0v) is 12.8. The van der Waals surface area contributed by atoms with E-state index in [0.29, 0.717) is 6.42 Å². The summed E-state index contributed by atoms with van der Waals surface area (Å²) in [6.07, 6.45) is 3.92. The number of amides is 2. The molecule has 2 rings (SSSR count). The summed E-state index contributed by atoms with van der Waals surface area (Å²) in [6.45, 7) is 1.91. The van der Waals surface area contributed by atoms with E-state index < -0.39 is 23.4 Å². The van der Waals surface area contributed by atoms with E-state index in [0.717, 1.165) is 17.7 Å². The van der Waals surface area contributed by atoms with Gasteiger partial charge in [-0.25, -0.2) is 13.6 Å². The third-order valence-electron chi connectivity index (χ3n) is 3.28. The first kappa shape index (κ1) is 16.7. The maximum Gasteiger partial charge on any atom is 0.319 e. The molecule has 0 spiro atoms. The minimum Gasteiger partial charge on any atom is -0.491 e. The lowest BCUT2D eigenvalue weighted by atomic mass is 10.1. The van der Waals surface area contributed by atoms with Crippen molar-refractivity contribution >= 4 is 11.7 Å². The van der Waals surface area contributed by atoms with Crippen molar-refractivity contribution in [3.05, 3.63) is 53.9 Å². The average molecular weight is 321 g/mol. The van der Waals surface area contributed by atoms with Crippen LogP contribution in [0.3, 0.4) is 0 Å². The monoisotopic (exact) mass is 321 g/mol. The van der Waals surface area contributed by atoms with Gasteiger partial charge in [0.05, 0.1) is 13.2 Å². The van der Waals surface area contributed by atoms with Crippen LogP contribution in [0.1, 0.15) is 24.9 Å². The van der Waals surface area contributed by atoms with Crippen molar-refractivity contribution in [2.24, 2.45) is 0 Å². The van der Waals surface area contributed by atoms with Gasteiger partial charge >= 0.3 is 6.03 Å². The van der Waals surface area contributed by atoms with E-state index in [2.05, 4.69) is 20.4 Å². The zero-order valence-electron chi connectivity index (χ0n) is 12.8. The van der Waals surface area contributed by atoms with Gasteiger partial charge < -0.3 is 15.4 Å². The molecule has 0 saturated heterocycles. The van der Waals surface area contributed by atoms with Crippen LogP contribution in [0, 0.1) is 11.6 Å². The van der Waals surface area contributed by atoms with Crippen molar-refractivity contribution in [2.45, 2.75) is 19.4 Å². The second kappa shape index (κ2) is 7.53. The minimum atomic E-state index is -0.885. The van der Waals surface area contributed by atoms with Crippen molar-refractivity contribution in [1.82, 2.24) is 10.3 Å². The Morgan fingerprint density at radius 1 is 1.26 bits per heavy atom. The first-order valence-corrected chi connectivity index (χ1v) is 7.05. The summed E-state index contributed by atoms with van der Waals surface area (Å²) in [4.78, 5) is 15.9. The van der Waals surface area contributed by atoms with E-state index in [-0.39, 0.29) is 11.7 Å². The number of anilines is 1. The van der Waals surface area contributed by atoms with E-state index in [1.54, 1.807) is 24.5 Å². The maximum atomic E-state index is 13.6. The van der Waals surface area contributed by atoms with Crippen molar-refractivity contribution < 1.29 is 18.3 Å². The second-order valence-corrected chi connectivity index (χ2v) is 4.81. The average Bonchev–Trinajstić information content (AvgIpc) is 2.53. The largest absolute Gasteiger partial charge is 0.491 e. The Labute approximate surface area is 132 Å². The van der Waals surface area contributed by atoms with E-state index in [1.165, 1.54) is 7.11 Å². The fraction of sp³-hybridized carbons (Fsp3) is 0.250. The highest BCUT2D eigenvalue weighted by Crippen LogP contribution is 2.25. The van der Waals surface area contributed by atoms with Crippen molar-refractivity contribution in [3.8, 4) is 5.75 Å². The van der Waals surface area contributed by atoms with Gasteiger partial charge in [-0.3, -0.25) is 4.98 Å². The summed E-state index contributed by atoms with van der Waals surface area (Å²) in [7, 11) is 1.17. The topological polar surface area (TPSA) is 63.2 Å². The highest BCUT2D eigenvalue weighted by molar-refractivity contribution is 5.89. The molecule has 0 saturated carbocycles. The molecule has 0 fully saturated rings. The highest BCUT2D eigenvalue weighted by atomic mass is 19.1. The molecule has 0 aliphatic rings. The molecule has 122 valence electrons. The molecule has 23 heavy (non-hydrogen) atoms. The fourth-order valence-electron chi connectivity index (χ4n) is 2.17. The summed E-state index contributed by atoms with van der Waals surface area (Å²) in [5.41, 5.74) is 0.896. The molecule has 1 aromatic carbocycles. The Morgan fingerprint density at radius 3 is 2.39 bits per heavy atom. The molecule has 0 unspecified atom stereocenters. The van der Waals surface area contributed by atoms with Crippen LogP contribution >= 0.6 is 0 Å². The second-order valence-electron chi connectivity index (χ2n) is 4.81. The quantitative estimate of drug-likeness (QED) is 0.884. The third kappa shape index (κ3) is 4.15. The van der Waals surface area contributed by atoms with Crippen molar-refractivity contribution in [2.75, 3.05) is 12.4 Å². The van der Waals surface area contributed by atoms with E-state index in [1.807, 2.05) is 6.92 Å². The number of nitrogens with one attached hydrogen (secondary N) is 2. The number of carbonyl (C=O) groups is 1. The van der Waals surface area contributed by atoms with Crippen LogP contribution in [-0.4, -0.2) is 18.1 Å². The molecule has 0 radical (unpaired) electrons. The molecule has 5 nitrogen and oxygen atoms in total. The molecule has 7 heteroatoms. The number of ether oxygens (including phenoxy) is 1. The van der Waals surface area contributed by atoms with Gasteiger partial charge in [0, 0.05) is 30.2 Å². The number of carbonyl (C=O) groups excluding carboxylic acids is 1. The molecule has 2 amide bonds. The lowest BCUT2D eigenvalue weighted by Crippen LogP contribution is -2.32. The number of hydrogen-bond acceptors (Lipinski definition) is 3. The van der Waals surface area contributed by atoms with Gasteiger partial charge in [-0.05, 0) is 24.1 Å². The molecule has 0 aliphatic heterocycles. The van der Waals surface area contributed by atoms with Crippen LogP contribution in [0.4, 0.5) is 19.3 Å². The van der Waals surface area contributed by atoms with Crippen LogP contribution in [0.5, 0.6) is 5.75 Å². The molecule has 0 aliphatic carbocycles. The van der Waals surface area contributed by atoms with Crippen LogP contribution in [0.2, 0.25) is 0 Å².